The van der Waals surface area contributed by atoms with Gasteiger partial charge >= 0.3 is 0 Å². The fourth-order valence-electron chi connectivity index (χ4n) is 1.67. The summed E-state index contributed by atoms with van der Waals surface area (Å²) in [6, 6.07) is 18.0. The van der Waals surface area contributed by atoms with Crippen LogP contribution in [0, 0.1) is 0 Å². The molecule has 0 aliphatic rings. The van der Waals surface area contributed by atoms with Crippen LogP contribution in [-0.2, 0) is 5.75 Å². The van der Waals surface area contributed by atoms with Gasteiger partial charge in [-0.2, -0.15) is 11.8 Å². The van der Waals surface area contributed by atoms with Gasteiger partial charge in [0.1, 0.15) is 5.75 Å². The van der Waals surface area contributed by atoms with E-state index in [0.29, 0.717) is 0 Å². The standard InChI is InChI=1S/C16H19NOS/c17-15-9-7-14(8-10-15)13-19-12-4-11-18-16-5-2-1-3-6-16/h1-3,5-10H,4,11-13,17H2. The fraction of sp³-hybridized carbons (Fsp3) is 0.250. The molecule has 0 bridgehead atoms. The van der Waals surface area contributed by atoms with Gasteiger partial charge in [0.2, 0.25) is 0 Å². The number of thioether (sulfide) groups is 1. The Balaban J connectivity index is 1.56. The number of para-hydroxylation sites is 1. The molecular weight excluding hydrogens is 254 g/mol. The minimum Gasteiger partial charge on any atom is -0.494 e. The van der Waals surface area contributed by atoms with E-state index in [2.05, 4.69) is 12.1 Å². The number of benzene rings is 2. The summed E-state index contributed by atoms with van der Waals surface area (Å²) in [5, 5.41) is 0. The summed E-state index contributed by atoms with van der Waals surface area (Å²) in [6.45, 7) is 0.777. The molecule has 0 atom stereocenters. The van der Waals surface area contributed by atoms with Crippen molar-refractivity contribution in [3.63, 3.8) is 0 Å². The van der Waals surface area contributed by atoms with E-state index < -0.39 is 0 Å². The Morgan fingerprint density at radius 1 is 0.947 bits per heavy atom. The van der Waals surface area contributed by atoms with E-state index in [1.54, 1.807) is 0 Å². The molecule has 0 heterocycles. The number of nitrogens with two attached hydrogens (primary N) is 1. The van der Waals surface area contributed by atoms with Crippen molar-refractivity contribution in [1.29, 1.82) is 0 Å². The van der Waals surface area contributed by atoms with Gasteiger partial charge < -0.3 is 10.5 Å². The Hall–Kier alpha value is -1.61. The number of rotatable bonds is 7. The third-order valence-corrected chi connectivity index (χ3v) is 3.81. The summed E-state index contributed by atoms with van der Waals surface area (Å²) in [4.78, 5) is 0. The van der Waals surface area contributed by atoms with Crippen molar-refractivity contribution in [2.24, 2.45) is 0 Å². The molecule has 19 heavy (non-hydrogen) atoms. The first-order valence-corrected chi connectivity index (χ1v) is 7.60. The fourth-order valence-corrected chi connectivity index (χ4v) is 2.57. The van der Waals surface area contributed by atoms with Crippen molar-refractivity contribution >= 4 is 17.4 Å². The van der Waals surface area contributed by atoms with E-state index in [1.807, 2.05) is 54.2 Å². The molecule has 0 spiro atoms. The van der Waals surface area contributed by atoms with Crippen LogP contribution in [0.3, 0.4) is 0 Å². The van der Waals surface area contributed by atoms with Crippen LogP contribution in [0.25, 0.3) is 0 Å². The van der Waals surface area contributed by atoms with Crippen LogP contribution >= 0.6 is 11.8 Å². The maximum Gasteiger partial charge on any atom is 0.119 e. The van der Waals surface area contributed by atoms with E-state index >= 15 is 0 Å². The van der Waals surface area contributed by atoms with E-state index in [9.17, 15) is 0 Å². The Morgan fingerprint density at radius 2 is 1.68 bits per heavy atom. The van der Waals surface area contributed by atoms with Gasteiger partial charge in [-0.1, -0.05) is 30.3 Å². The zero-order chi connectivity index (χ0) is 13.3. The third-order valence-electron chi connectivity index (χ3n) is 2.69. The van der Waals surface area contributed by atoms with Crippen LogP contribution in [0.5, 0.6) is 5.75 Å². The highest BCUT2D eigenvalue weighted by molar-refractivity contribution is 7.98. The van der Waals surface area contributed by atoms with Crippen LogP contribution in [0.15, 0.2) is 54.6 Å². The second-order valence-electron chi connectivity index (χ2n) is 4.31. The predicted octanol–water partition coefficient (Wildman–Crippen LogP) is 3.97. The smallest absolute Gasteiger partial charge is 0.119 e. The molecule has 2 nitrogen and oxygen atoms in total. The molecule has 0 aliphatic heterocycles. The van der Waals surface area contributed by atoms with Gasteiger partial charge in [-0.3, -0.25) is 0 Å². The Bertz CT molecular complexity index is 470. The number of hydrogen-bond donors (Lipinski definition) is 1. The van der Waals surface area contributed by atoms with Crippen molar-refractivity contribution in [2.75, 3.05) is 18.1 Å². The topological polar surface area (TPSA) is 35.2 Å². The molecule has 2 rings (SSSR count). The van der Waals surface area contributed by atoms with Crippen LogP contribution in [0.2, 0.25) is 0 Å². The van der Waals surface area contributed by atoms with Crippen LogP contribution in [0.1, 0.15) is 12.0 Å². The Labute approximate surface area is 119 Å². The lowest BCUT2D eigenvalue weighted by Crippen LogP contribution is -1.98. The van der Waals surface area contributed by atoms with E-state index in [-0.39, 0.29) is 0 Å². The molecule has 0 amide bonds. The van der Waals surface area contributed by atoms with Crippen LogP contribution < -0.4 is 10.5 Å². The molecule has 2 aromatic rings. The molecule has 0 saturated heterocycles. The lowest BCUT2D eigenvalue weighted by Gasteiger charge is -2.06. The summed E-state index contributed by atoms with van der Waals surface area (Å²) < 4.78 is 5.64. The minimum atomic E-state index is 0.777. The molecule has 0 aromatic heterocycles. The summed E-state index contributed by atoms with van der Waals surface area (Å²) in [7, 11) is 0. The highest BCUT2D eigenvalue weighted by Gasteiger charge is 1.95. The van der Waals surface area contributed by atoms with Gasteiger partial charge in [-0.05, 0) is 42.0 Å². The van der Waals surface area contributed by atoms with E-state index in [0.717, 1.165) is 36.0 Å². The van der Waals surface area contributed by atoms with Gasteiger partial charge in [0.05, 0.1) is 6.61 Å². The maximum absolute atomic E-state index is 5.65. The van der Waals surface area contributed by atoms with E-state index in [1.165, 1.54) is 5.56 Å². The number of anilines is 1. The predicted molar refractivity (Wildman–Crippen MR) is 83.6 cm³/mol. The first-order valence-electron chi connectivity index (χ1n) is 6.44. The van der Waals surface area contributed by atoms with Gasteiger partial charge in [0.15, 0.2) is 0 Å². The van der Waals surface area contributed by atoms with Crippen LogP contribution in [-0.4, -0.2) is 12.4 Å². The largest absolute Gasteiger partial charge is 0.494 e. The number of nitrogen functional groups attached to an aromatic ring is 1. The zero-order valence-electron chi connectivity index (χ0n) is 10.9. The molecule has 0 saturated carbocycles. The minimum absolute atomic E-state index is 0.777. The van der Waals surface area contributed by atoms with E-state index in [4.69, 9.17) is 10.5 Å². The van der Waals surface area contributed by atoms with Crippen molar-refractivity contribution in [2.45, 2.75) is 12.2 Å². The summed E-state index contributed by atoms with van der Waals surface area (Å²) >= 11 is 1.93. The second-order valence-corrected chi connectivity index (χ2v) is 5.41. The molecule has 0 unspecified atom stereocenters. The maximum atomic E-state index is 5.65. The SMILES string of the molecule is Nc1ccc(CSCCCOc2ccccc2)cc1. The zero-order valence-corrected chi connectivity index (χ0v) is 11.7. The number of ether oxygens (including phenoxy) is 1. The first kappa shape index (κ1) is 13.8. The van der Waals surface area contributed by atoms with Gasteiger partial charge in [-0.25, -0.2) is 0 Å². The quantitative estimate of drug-likeness (QED) is 0.612. The van der Waals surface area contributed by atoms with Crippen molar-refractivity contribution in [1.82, 2.24) is 0 Å². The average Bonchev–Trinajstić information content (AvgIpc) is 2.46. The van der Waals surface area contributed by atoms with Gasteiger partial charge in [0, 0.05) is 11.4 Å². The number of hydrogen-bond acceptors (Lipinski definition) is 3. The second kappa shape index (κ2) is 7.74. The van der Waals surface area contributed by atoms with Gasteiger partial charge in [0.25, 0.3) is 0 Å². The Kier molecular flexibility index (Phi) is 5.63. The van der Waals surface area contributed by atoms with Crippen LogP contribution in [0.4, 0.5) is 5.69 Å². The van der Waals surface area contributed by atoms with Crippen molar-refractivity contribution in [3.05, 3.63) is 60.2 Å². The molecule has 0 aliphatic carbocycles. The lowest BCUT2D eigenvalue weighted by atomic mass is 10.2. The molecule has 100 valence electrons. The summed E-state index contributed by atoms with van der Waals surface area (Å²) in [6.07, 6.45) is 1.06. The molecule has 2 aromatic carbocycles. The molecule has 0 radical (unpaired) electrons. The van der Waals surface area contributed by atoms with Gasteiger partial charge in [-0.15, -0.1) is 0 Å². The summed E-state index contributed by atoms with van der Waals surface area (Å²) in [5.41, 5.74) is 7.80. The first-order chi connectivity index (χ1) is 9.34. The monoisotopic (exact) mass is 273 g/mol. The molecular formula is C16H19NOS. The Morgan fingerprint density at radius 3 is 2.42 bits per heavy atom. The third kappa shape index (κ3) is 5.26. The molecule has 2 N–H and O–H groups in total. The highest BCUT2D eigenvalue weighted by atomic mass is 32.2. The molecule has 0 fully saturated rings. The average molecular weight is 273 g/mol. The summed E-state index contributed by atoms with van der Waals surface area (Å²) in [5.74, 6) is 3.09. The normalized spacial score (nSPS) is 10.3. The lowest BCUT2D eigenvalue weighted by molar-refractivity contribution is 0.318. The molecule has 3 heteroatoms. The van der Waals surface area contributed by atoms with Crippen molar-refractivity contribution < 1.29 is 4.74 Å². The highest BCUT2D eigenvalue weighted by Crippen LogP contribution is 2.15. The van der Waals surface area contributed by atoms with Crippen molar-refractivity contribution in [3.8, 4) is 5.75 Å².